The predicted molar refractivity (Wildman–Crippen MR) is 73.3 cm³/mol. The highest BCUT2D eigenvalue weighted by atomic mass is 16.5. The normalized spacial score (nSPS) is 22.8. The van der Waals surface area contributed by atoms with Crippen molar-refractivity contribution >= 4 is 5.97 Å². The largest absolute Gasteiger partial charge is 0.497 e. The van der Waals surface area contributed by atoms with Crippen LogP contribution in [0.15, 0.2) is 24.3 Å². The molecule has 2 atom stereocenters. The molecule has 0 aliphatic carbocycles. The number of ether oxygens (including phenoxy) is 2. The highest BCUT2D eigenvalue weighted by Crippen LogP contribution is 2.30. The van der Waals surface area contributed by atoms with Crippen molar-refractivity contribution in [3.8, 4) is 5.75 Å². The average Bonchev–Trinajstić information content (AvgIpc) is 2.47. The summed E-state index contributed by atoms with van der Waals surface area (Å²) >= 11 is 0. The number of carbonyl (C=O) groups excluding carboxylic acids is 1. The Bertz CT molecular complexity index is 433. The lowest BCUT2D eigenvalue weighted by Gasteiger charge is -2.30. The Balaban J connectivity index is 2.01. The molecule has 4 heteroatoms. The fraction of sp³-hybridized carbons (Fsp3) is 0.533. The maximum atomic E-state index is 11.4. The van der Waals surface area contributed by atoms with E-state index in [0.717, 1.165) is 25.3 Å². The maximum Gasteiger partial charge on any atom is 0.305 e. The second-order valence-electron chi connectivity index (χ2n) is 5.01. The van der Waals surface area contributed by atoms with Gasteiger partial charge in [0.2, 0.25) is 0 Å². The molecule has 1 saturated heterocycles. The van der Waals surface area contributed by atoms with E-state index in [2.05, 4.69) is 17.4 Å². The van der Waals surface area contributed by atoms with Crippen molar-refractivity contribution in [2.24, 2.45) is 5.92 Å². The quantitative estimate of drug-likeness (QED) is 0.844. The number of piperidine rings is 1. The molecule has 1 aliphatic heterocycles. The molecule has 1 aromatic rings. The molecule has 1 heterocycles. The van der Waals surface area contributed by atoms with E-state index in [0.29, 0.717) is 18.3 Å². The first-order chi connectivity index (χ1) is 9.22. The van der Waals surface area contributed by atoms with Gasteiger partial charge in [-0.3, -0.25) is 4.79 Å². The van der Waals surface area contributed by atoms with Crippen molar-refractivity contribution in [2.75, 3.05) is 27.3 Å². The molecule has 0 saturated carbocycles. The summed E-state index contributed by atoms with van der Waals surface area (Å²) in [6.07, 6.45) is 1.50. The summed E-state index contributed by atoms with van der Waals surface area (Å²) in [6.45, 7) is 1.83. The molecule has 1 aliphatic rings. The third-order valence-corrected chi connectivity index (χ3v) is 3.69. The van der Waals surface area contributed by atoms with Crippen LogP contribution in [0.4, 0.5) is 0 Å². The number of hydrogen-bond donors (Lipinski definition) is 1. The molecular formula is C15H21NO3. The minimum absolute atomic E-state index is 0.127. The summed E-state index contributed by atoms with van der Waals surface area (Å²) in [5.74, 6) is 1.53. The fourth-order valence-electron chi connectivity index (χ4n) is 2.65. The lowest BCUT2D eigenvalue weighted by molar-refractivity contribution is -0.141. The van der Waals surface area contributed by atoms with Gasteiger partial charge in [0.05, 0.1) is 14.2 Å². The summed E-state index contributed by atoms with van der Waals surface area (Å²) in [5, 5.41) is 3.40. The summed E-state index contributed by atoms with van der Waals surface area (Å²) in [5.41, 5.74) is 1.27. The van der Waals surface area contributed by atoms with E-state index in [1.165, 1.54) is 12.7 Å². The van der Waals surface area contributed by atoms with Crippen LogP contribution in [0.5, 0.6) is 5.75 Å². The van der Waals surface area contributed by atoms with Crippen LogP contribution in [0.3, 0.4) is 0 Å². The zero-order valence-corrected chi connectivity index (χ0v) is 11.5. The van der Waals surface area contributed by atoms with E-state index in [-0.39, 0.29) is 5.97 Å². The first-order valence-electron chi connectivity index (χ1n) is 6.64. The zero-order chi connectivity index (χ0) is 13.7. The SMILES string of the molecule is COC(=O)CC1CNCC(c2cccc(OC)c2)C1. The second-order valence-corrected chi connectivity index (χ2v) is 5.01. The third-order valence-electron chi connectivity index (χ3n) is 3.69. The summed E-state index contributed by atoms with van der Waals surface area (Å²) in [7, 11) is 3.12. The van der Waals surface area contributed by atoms with Gasteiger partial charge in [0.1, 0.15) is 5.75 Å². The lowest BCUT2D eigenvalue weighted by atomic mass is 9.84. The summed E-state index contributed by atoms with van der Waals surface area (Å²) in [6, 6.07) is 8.16. The van der Waals surface area contributed by atoms with E-state index in [1.54, 1.807) is 7.11 Å². The van der Waals surface area contributed by atoms with Crippen LogP contribution in [0, 0.1) is 5.92 Å². The Hall–Kier alpha value is -1.55. The van der Waals surface area contributed by atoms with Crippen LogP contribution in [0.1, 0.15) is 24.3 Å². The Morgan fingerprint density at radius 1 is 1.37 bits per heavy atom. The number of nitrogens with one attached hydrogen (secondary N) is 1. The van der Waals surface area contributed by atoms with Crippen LogP contribution < -0.4 is 10.1 Å². The maximum absolute atomic E-state index is 11.4. The molecule has 0 radical (unpaired) electrons. The first kappa shape index (κ1) is 13.9. The summed E-state index contributed by atoms with van der Waals surface area (Å²) in [4.78, 5) is 11.4. The minimum atomic E-state index is -0.127. The second kappa shape index (κ2) is 6.57. The molecule has 1 fully saturated rings. The average molecular weight is 263 g/mol. The van der Waals surface area contributed by atoms with Gasteiger partial charge >= 0.3 is 5.97 Å². The highest BCUT2D eigenvalue weighted by Gasteiger charge is 2.25. The van der Waals surface area contributed by atoms with Crippen LogP contribution in [-0.2, 0) is 9.53 Å². The van der Waals surface area contributed by atoms with Gasteiger partial charge in [0, 0.05) is 13.0 Å². The van der Waals surface area contributed by atoms with Crippen LogP contribution >= 0.6 is 0 Å². The van der Waals surface area contributed by atoms with Gasteiger partial charge in [-0.1, -0.05) is 12.1 Å². The zero-order valence-electron chi connectivity index (χ0n) is 11.5. The molecule has 0 amide bonds. The van der Waals surface area contributed by atoms with Crippen LogP contribution in [-0.4, -0.2) is 33.3 Å². The van der Waals surface area contributed by atoms with Gasteiger partial charge in [-0.2, -0.15) is 0 Å². The van der Waals surface area contributed by atoms with Gasteiger partial charge in [0.15, 0.2) is 0 Å². The molecule has 2 unspecified atom stereocenters. The standard InChI is InChI=1S/C15H21NO3/c1-18-14-5-3-4-12(8-14)13-6-11(9-16-10-13)7-15(17)19-2/h3-5,8,11,13,16H,6-7,9-10H2,1-2H3. The van der Waals surface area contributed by atoms with Gasteiger partial charge < -0.3 is 14.8 Å². The molecule has 1 aromatic carbocycles. The molecule has 2 rings (SSSR count). The van der Waals surface area contributed by atoms with E-state index < -0.39 is 0 Å². The Labute approximate surface area is 114 Å². The molecule has 0 bridgehead atoms. The third kappa shape index (κ3) is 3.70. The Kier molecular flexibility index (Phi) is 4.80. The summed E-state index contributed by atoms with van der Waals surface area (Å²) < 4.78 is 10.0. The number of methoxy groups -OCH3 is 2. The first-order valence-corrected chi connectivity index (χ1v) is 6.64. The topological polar surface area (TPSA) is 47.6 Å². The van der Waals surface area contributed by atoms with E-state index >= 15 is 0 Å². The van der Waals surface area contributed by atoms with Crippen molar-refractivity contribution in [1.29, 1.82) is 0 Å². The fourth-order valence-corrected chi connectivity index (χ4v) is 2.65. The minimum Gasteiger partial charge on any atom is -0.497 e. The van der Waals surface area contributed by atoms with Crippen molar-refractivity contribution in [2.45, 2.75) is 18.8 Å². The lowest BCUT2D eigenvalue weighted by Crippen LogP contribution is -2.36. The van der Waals surface area contributed by atoms with Crippen molar-refractivity contribution in [3.63, 3.8) is 0 Å². The van der Waals surface area contributed by atoms with Crippen LogP contribution in [0.2, 0.25) is 0 Å². The van der Waals surface area contributed by atoms with Gasteiger partial charge in [-0.05, 0) is 42.5 Å². The van der Waals surface area contributed by atoms with Gasteiger partial charge in [-0.25, -0.2) is 0 Å². The molecule has 1 N–H and O–H groups in total. The van der Waals surface area contributed by atoms with Crippen LogP contribution in [0.25, 0.3) is 0 Å². The Morgan fingerprint density at radius 3 is 2.95 bits per heavy atom. The predicted octanol–water partition coefficient (Wildman–Crippen LogP) is 1.95. The number of rotatable bonds is 4. The number of carbonyl (C=O) groups is 1. The van der Waals surface area contributed by atoms with E-state index in [9.17, 15) is 4.79 Å². The highest BCUT2D eigenvalue weighted by molar-refractivity contribution is 5.69. The Morgan fingerprint density at radius 2 is 2.21 bits per heavy atom. The number of esters is 1. The van der Waals surface area contributed by atoms with Gasteiger partial charge in [0.25, 0.3) is 0 Å². The molecule has 4 nitrogen and oxygen atoms in total. The molecule has 19 heavy (non-hydrogen) atoms. The molecule has 0 spiro atoms. The van der Waals surface area contributed by atoms with E-state index in [4.69, 9.17) is 9.47 Å². The molecule has 104 valence electrons. The monoisotopic (exact) mass is 263 g/mol. The van der Waals surface area contributed by atoms with Crippen molar-refractivity contribution in [3.05, 3.63) is 29.8 Å². The smallest absolute Gasteiger partial charge is 0.305 e. The molecule has 0 aromatic heterocycles. The van der Waals surface area contributed by atoms with Crippen molar-refractivity contribution in [1.82, 2.24) is 5.32 Å². The van der Waals surface area contributed by atoms with E-state index in [1.807, 2.05) is 12.1 Å². The van der Waals surface area contributed by atoms with Crippen molar-refractivity contribution < 1.29 is 14.3 Å². The molecular weight excluding hydrogens is 242 g/mol. The number of hydrogen-bond acceptors (Lipinski definition) is 4. The van der Waals surface area contributed by atoms with Gasteiger partial charge in [-0.15, -0.1) is 0 Å². The number of benzene rings is 1.